The molecule has 2 atom stereocenters. The zero-order valence-electron chi connectivity index (χ0n) is 12.2. The maximum Gasteiger partial charge on any atom is 0.126 e. The van der Waals surface area contributed by atoms with Gasteiger partial charge in [0.2, 0.25) is 0 Å². The van der Waals surface area contributed by atoms with Crippen molar-refractivity contribution < 1.29 is 4.42 Å². The summed E-state index contributed by atoms with van der Waals surface area (Å²) >= 11 is 0. The topological polar surface area (TPSA) is 25.2 Å². The highest BCUT2D eigenvalue weighted by Crippen LogP contribution is 2.24. The highest BCUT2D eigenvalue weighted by atomic mass is 16.3. The maximum atomic E-state index is 5.63. The number of rotatable bonds is 5. The van der Waals surface area contributed by atoms with Gasteiger partial charge in [-0.1, -0.05) is 26.0 Å². The fourth-order valence-corrected chi connectivity index (χ4v) is 2.15. The molecule has 0 saturated heterocycles. The average Bonchev–Trinajstić information content (AvgIpc) is 2.85. The van der Waals surface area contributed by atoms with Gasteiger partial charge in [-0.3, -0.25) is 0 Å². The first kappa shape index (κ1) is 13.7. The van der Waals surface area contributed by atoms with Crippen molar-refractivity contribution in [2.45, 2.75) is 46.1 Å². The Balaban J connectivity index is 2.03. The summed E-state index contributed by atoms with van der Waals surface area (Å²) in [6.45, 7) is 8.56. The monoisotopic (exact) mass is 257 g/mol. The molecule has 0 amide bonds. The van der Waals surface area contributed by atoms with E-state index in [0.29, 0.717) is 5.92 Å². The molecule has 0 spiro atoms. The Labute approximate surface area is 115 Å². The van der Waals surface area contributed by atoms with Crippen molar-refractivity contribution in [3.63, 3.8) is 0 Å². The molecule has 1 heterocycles. The van der Waals surface area contributed by atoms with Crippen molar-refractivity contribution in [2.24, 2.45) is 0 Å². The summed E-state index contributed by atoms with van der Waals surface area (Å²) in [4.78, 5) is 0. The van der Waals surface area contributed by atoms with Crippen molar-refractivity contribution in [3.8, 4) is 0 Å². The molecule has 1 aromatic heterocycles. The highest BCUT2D eigenvalue weighted by Gasteiger charge is 2.09. The average molecular weight is 257 g/mol. The fourth-order valence-electron chi connectivity index (χ4n) is 2.15. The van der Waals surface area contributed by atoms with Gasteiger partial charge < -0.3 is 9.73 Å². The van der Waals surface area contributed by atoms with Crippen molar-refractivity contribution in [1.29, 1.82) is 0 Å². The molecular formula is C17H23NO. The second kappa shape index (κ2) is 5.96. The number of hydrogen-bond acceptors (Lipinski definition) is 2. The predicted octanol–water partition coefficient (Wildman–Crippen LogP) is 5.27. The molecule has 0 aliphatic heterocycles. The summed E-state index contributed by atoms with van der Waals surface area (Å²) in [5, 5.41) is 3.46. The van der Waals surface area contributed by atoms with Gasteiger partial charge in [0.1, 0.15) is 11.5 Å². The van der Waals surface area contributed by atoms with Crippen LogP contribution < -0.4 is 5.32 Å². The minimum absolute atomic E-state index is 0.183. The van der Waals surface area contributed by atoms with Crippen LogP contribution in [0.4, 0.5) is 5.69 Å². The van der Waals surface area contributed by atoms with Crippen molar-refractivity contribution in [1.82, 2.24) is 0 Å². The van der Waals surface area contributed by atoms with Crippen LogP contribution in [0.15, 0.2) is 40.8 Å². The molecule has 0 aliphatic rings. The molecule has 2 rings (SSSR count). The Morgan fingerprint density at radius 3 is 2.26 bits per heavy atom. The van der Waals surface area contributed by atoms with Gasteiger partial charge >= 0.3 is 0 Å². The van der Waals surface area contributed by atoms with E-state index in [1.807, 2.05) is 19.1 Å². The predicted molar refractivity (Wildman–Crippen MR) is 80.6 cm³/mol. The molecule has 0 aliphatic carbocycles. The molecule has 2 heteroatoms. The Kier molecular flexibility index (Phi) is 4.31. The van der Waals surface area contributed by atoms with Gasteiger partial charge in [-0.2, -0.15) is 0 Å². The SMILES string of the molecule is CCC(C)c1ccc(NC(C)c2ccc(C)o2)cc1. The molecule has 1 N–H and O–H groups in total. The summed E-state index contributed by atoms with van der Waals surface area (Å²) in [6.07, 6.45) is 1.18. The Hall–Kier alpha value is -1.70. The molecule has 0 saturated carbocycles. The van der Waals surface area contributed by atoms with Crippen LogP contribution in [0.25, 0.3) is 0 Å². The molecule has 19 heavy (non-hydrogen) atoms. The smallest absolute Gasteiger partial charge is 0.126 e. The minimum atomic E-state index is 0.183. The van der Waals surface area contributed by atoms with Crippen LogP contribution in [0.2, 0.25) is 0 Å². The summed E-state index contributed by atoms with van der Waals surface area (Å²) in [6, 6.07) is 12.9. The second-order valence-corrected chi connectivity index (χ2v) is 5.25. The van der Waals surface area contributed by atoms with Crippen LogP contribution in [0, 0.1) is 6.92 Å². The van der Waals surface area contributed by atoms with Gasteiger partial charge in [0.05, 0.1) is 6.04 Å². The third kappa shape index (κ3) is 3.40. The lowest BCUT2D eigenvalue weighted by Crippen LogP contribution is -2.05. The van der Waals surface area contributed by atoms with E-state index in [-0.39, 0.29) is 6.04 Å². The third-order valence-corrected chi connectivity index (χ3v) is 3.66. The first-order chi connectivity index (χ1) is 9.10. The molecule has 2 aromatic rings. The molecule has 0 bridgehead atoms. The first-order valence-electron chi connectivity index (χ1n) is 7.03. The molecule has 0 radical (unpaired) electrons. The van der Waals surface area contributed by atoms with E-state index in [1.165, 1.54) is 12.0 Å². The summed E-state index contributed by atoms with van der Waals surface area (Å²) in [7, 11) is 0. The van der Waals surface area contributed by atoms with E-state index in [9.17, 15) is 0 Å². The fraction of sp³-hybridized carbons (Fsp3) is 0.412. The number of aryl methyl sites for hydroxylation is 1. The van der Waals surface area contributed by atoms with Gasteiger partial charge in [-0.25, -0.2) is 0 Å². The largest absolute Gasteiger partial charge is 0.464 e. The molecule has 0 fully saturated rings. The summed E-state index contributed by atoms with van der Waals surface area (Å²) in [5.74, 6) is 2.55. The van der Waals surface area contributed by atoms with Crippen molar-refractivity contribution >= 4 is 5.69 Å². The number of nitrogens with one attached hydrogen (secondary N) is 1. The van der Waals surface area contributed by atoms with Gasteiger partial charge in [-0.05, 0) is 56.0 Å². The van der Waals surface area contributed by atoms with Crippen LogP contribution in [-0.4, -0.2) is 0 Å². The lowest BCUT2D eigenvalue weighted by atomic mass is 9.98. The molecule has 2 unspecified atom stereocenters. The van der Waals surface area contributed by atoms with Gasteiger partial charge in [0, 0.05) is 5.69 Å². The lowest BCUT2D eigenvalue weighted by molar-refractivity contribution is 0.467. The van der Waals surface area contributed by atoms with E-state index >= 15 is 0 Å². The zero-order valence-corrected chi connectivity index (χ0v) is 12.2. The van der Waals surface area contributed by atoms with Crippen molar-refractivity contribution in [3.05, 3.63) is 53.5 Å². The summed E-state index contributed by atoms with van der Waals surface area (Å²) < 4.78 is 5.63. The molecule has 2 nitrogen and oxygen atoms in total. The van der Waals surface area contributed by atoms with Crippen LogP contribution in [0.5, 0.6) is 0 Å². The van der Waals surface area contributed by atoms with Crippen molar-refractivity contribution in [2.75, 3.05) is 5.32 Å². The van der Waals surface area contributed by atoms with Crippen LogP contribution in [0.3, 0.4) is 0 Å². The number of hydrogen-bond donors (Lipinski definition) is 1. The zero-order chi connectivity index (χ0) is 13.8. The number of anilines is 1. The Morgan fingerprint density at radius 1 is 1.05 bits per heavy atom. The van der Waals surface area contributed by atoms with E-state index in [0.717, 1.165) is 17.2 Å². The number of benzene rings is 1. The Bertz CT molecular complexity index is 512. The Morgan fingerprint density at radius 2 is 1.74 bits per heavy atom. The lowest BCUT2D eigenvalue weighted by Gasteiger charge is -2.14. The normalized spacial score (nSPS) is 14.1. The van der Waals surface area contributed by atoms with Crippen LogP contribution in [0.1, 0.15) is 56.2 Å². The van der Waals surface area contributed by atoms with E-state index in [2.05, 4.69) is 50.4 Å². The quantitative estimate of drug-likeness (QED) is 0.788. The number of furan rings is 1. The molecular weight excluding hydrogens is 234 g/mol. The maximum absolute atomic E-state index is 5.63. The standard InChI is InChI=1S/C17H23NO/c1-5-12(2)15-7-9-16(10-8-15)18-14(4)17-11-6-13(3)19-17/h6-12,14,18H,5H2,1-4H3. The van der Waals surface area contributed by atoms with E-state index in [4.69, 9.17) is 4.42 Å². The van der Waals surface area contributed by atoms with Gasteiger partial charge in [0.25, 0.3) is 0 Å². The van der Waals surface area contributed by atoms with Gasteiger partial charge in [0.15, 0.2) is 0 Å². The van der Waals surface area contributed by atoms with E-state index < -0.39 is 0 Å². The van der Waals surface area contributed by atoms with Crippen LogP contribution >= 0.6 is 0 Å². The highest BCUT2D eigenvalue weighted by molar-refractivity contribution is 5.46. The van der Waals surface area contributed by atoms with Crippen LogP contribution in [-0.2, 0) is 0 Å². The van der Waals surface area contributed by atoms with Gasteiger partial charge in [-0.15, -0.1) is 0 Å². The second-order valence-electron chi connectivity index (χ2n) is 5.25. The third-order valence-electron chi connectivity index (χ3n) is 3.66. The van der Waals surface area contributed by atoms with E-state index in [1.54, 1.807) is 0 Å². The summed E-state index contributed by atoms with van der Waals surface area (Å²) in [5.41, 5.74) is 2.53. The first-order valence-corrected chi connectivity index (χ1v) is 7.03. The molecule has 1 aromatic carbocycles. The molecule has 102 valence electrons. The minimum Gasteiger partial charge on any atom is -0.464 e.